The molecule has 0 bridgehead atoms. The van der Waals surface area contributed by atoms with Crippen LogP contribution in [0.2, 0.25) is 0 Å². The average Bonchev–Trinajstić information content (AvgIpc) is 2.22. The number of rotatable bonds is 6. The monoisotopic (exact) mass is 242 g/mol. The van der Waals surface area contributed by atoms with Gasteiger partial charge in [-0.2, -0.15) is 16.1 Å². The van der Waals surface area contributed by atoms with Crippen molar-refractivity contribution in [2.24, 2.45) is 0 Å². The molecule has 0 aromatic rings. The number of nitrogens with zero attached hydrogens (tertiary/aromatic N) is 1. The number of hydroxylamine groups is 1. The van der Waals surface area contributed by atoms with Crippen molar-refractivity contribution in [2.75, 3.05) is 26.2 Å². The van der Waals surface area contributed by atoms with Crippen LogP contribution >= 0.6 is 11.8 Å². The Hall–Kier alpha value is -0.150. The SMILES string of the molecule is COS(=O)N(C)C(CSC)C(=O)NO. The molecule has 14 heavy (non-hydrogen) atoms. The number of hydrogen-bond acceptors (Lipinski definition) is 5. The summed E-state index contributed by atoms with van der Waals surface area (Å²) in [4.78, 5) is 11.2. The minimum absolute atomic E-state index is 0.415. The molecule has 0 aliphatic heterocycles. The Morgan fingerprint density at radius 1 is 1.79 bits per heavy atom. The molecule has 0 aromatic heterocycles. The summed E-state index contributed by atoms with van der Waals surface area (Å²) >= 11 is -0.271. The van der Waals surface area contributed by atoms with Gasteiger partial charge in [0.05, 0.1) is 7.11 Å². The molecule has 0 aliphatic carbocycles. The largest absolute Gasteiger partial charge is 0.289 e. The first-order valence-electron chi connectivity index (χ1n) is 3.70. The zero-order valence-corrected chi connectivity index (χ0v) is 9.85. The summed E-state index contributed by atoms with van der Waals surface area (Å²) in [6, 6.07) is -0.684. The predicted octanol–water partition coefficient (Wildman–Crippen LogP) is -0.620. The van der Waals surface area contributed by atoms with Gasteiger partial charge in [0.1, 0.15) is 6.04 Å². The van der Waals surface area contributed by atoms with Crippen molar-refractivity contribution in [3.63, 3.8) is 0 Å². The topological polar surface area (TPSA) is 78.9 Å². The van der Waals surface area contributed by atoms with Crippen molar-refractivity contribution in [3.05, 3.63) is 0 Å². The molecule has 0 radical (unpaired) electrons. The summed E-state index contributed by atoms with van der Waals surface area (Å²) in [7, 11) is 2.76. The van der Waals surface area contributed by atoms with E-state index < -0.39 is 23.2 Å². The van der Waals surface area contributed by atoms with Crippen LogP contribution in [0.3, 0.4) is 0 Å². The van der Waals surface area contributed by atoms with Gasteiger partial charge in [0, 0.05) is 12.8 Å². The Bertz CT molecular complexity index is 214. The summed E-state index contributed by atoms with van der Waals surface area (Å²) in [5, 5.41) is 8.46. The van der Waals surface area contributed by atoms with Crippen molar-refractivity contribution in [3.8, 4) is 0 Å². The molecule has 2 N–H and O–H groups in total. The molecule has 0 spiro atoms. The van der Waals surface area contributed by atoms with Gasteiger partial charge in [-0.05, 0) is 6.26 Å². The molecule has 6 nitrogen and oxygen atoms in total. The maximum absolute atomic E-state index is 11.2. The average molecular weight is 242 g/mol. The normalized spacial score (nSPS) is 15.2. The standard InChI is InChI=1S/C6H14N2O4S2/c1-8(14(11)12-2)5(4-13-3)6(9)7-10/h5,10H,4H2,1-3H3,(H,7,9). The maximum atomic E-state index is 11.2. The fourth-order valence-corrected chi connectivity index (χ4v) is 2.20. The van der Waals surface area contributed by atoms with Crippen LogP contribution in [-0.4, -0.2) is 51.8 Å². The number of carbonyl (C=O) groups is 1. The minimum Gasteiger partial charge on any atom is -0.289 e. The molecule has 2 atom stereocenters. The Morgan fingerprint density at radius 2 is 2.36 bits per heavy atom. The second-order valence-corrected chi connectivity index (χ2v) is 4.63. The Labute approximate surface area is 89.7 Å². The quantitative estimate of drug-likeness (QED) is 0.479. The Balaban J connectivity index is 4.47. The first kappa shape index (κ1) is 13.8. The maximum Gasteiger partial charge on any atom is 0.262 e. The van der Waals surface area contributed by atoms with Crippen LogP contribution in [0.15, 0.2) is 0 Å². The molecule has 0 fully saturated rings. The van der Waals surface area contributed by atoms with Gasteiger partial charge in [-0.25, -0.2) is 9.69 Å². The highest BCUT2D eigenvalue weighted by Crippen LogP contribution is 2.07. The van der Waals surface area contributed by atoms with Crippen molar-refractivity contribution in [1.82, 2.24) is 9.79 Å². The zero-order chi connectivity index (χ0) is 11.1. The number of amides is 1. The molecule has 1 amide bonds. The molecular weight excluding hydrogens is 228 g/mol. The van der Waals surface area contributed by atoms with Crippen molar-refractivity contribution in [1.29, 1.82) is 0 Å². The molecular formula is C6H14N2O4S2. The van der Waals surface area contributed by atoms with Gasteiger partial charge < -0.3 is 0 Å². The highest BCUT2D eigenvalue weighted by Gasteiger charge is 2.26. The lowest BCUT2D eigenvalue weighted by Crippen LogP contribution is -2.46. The smallest absolute Gasteiger partial charge is 0.262 e. The van der Waals surface area contributed by atoms with E-state index in [1.165, 1.54) is 35.7 Å². The van der Waals surface area contributed by atoms with E-state index in [9.17, 15) is 9.00 Å². The first-order chi connectivity index (χ1) is 6.58. The fourth-order valence-electron chi connectivity index (χ4n) is 0.800. The number of thioether (sulfide) groups is 1. The van der Waals surface area contributed by atoms with Gasteiger partial charge in [0.25, 0.3) is 5.91 Å². The predicted molar refractivity (Wildman–Crippen MR) is 55.0 cm³/mol. The lowest BCUT2D eigenvalue weighted by Gasteiger charge is -2.22. The van der Waals surface area contributed by atoms with Crippen LogP contribution in [0, 0.1) is 0 Å². The van der Waals surface area contributed by atoms with Crippen molar-refractivity contribution >= 4 is 28.9 Å². The second-order valence-electron chi connectivity index (χ2n) is 2.38. The van der Waals surface area contributed by atoms with Gasteiger partial charge in [0.2, 0.25) is 11.3 Å². The molecule has 8 heteroatoms. The van der Waals surface area contributed by atoms with E-state index in [1.807, 2.05) is 0 Å². The van der Waals surface area contributed by atoms with E-state index >= 15 is 0 Å². The van der Waals surface area contributed by atoms with E-state index in [2.05, 4.69) is 4.18 Å². The Kier molecular flexibility index (Phi) is 7.11. The van der Waals surface area contributed by atoms with E-state index in [-0.39, 0.29) is 0 Å². The fraction of sp³-hybridized carbons (Fsp3) is 0.833. The van der Waals surface area contributed by atoms with E-state index in [4.69, 9.17) is 5.21 Å². The lowest BCUT2D eigenvalue weighted by atomic mass is 10.3. The summed E-state index contributed by atoms with van der Waals surface area (Å²) < 4.78 is 17.0. The number of carbonyl (C=O) groups excluding carboxylic acids is 1. The molecule has 84 valence electrons. The third kappa shape index (κ3) is 3.93. The lowest BCUT2D eigenvalue weighted by molar-refractivity contribution is -0.132. The van der Waals surface area contributed by atoms with E-state index in [0.717, 1.165) is 0 Å². The van der Waals surface area contributed by atoms with E-state index in [1.54, 1.807) is 6.26 Å². The highest BCUT2D eigenvalue weighted by atomic mass is 32.2. The second kappa shape index (κ2) is 7.18. The summed E-state index contributed by atoms with van der Waals surface area (Å²) in [6.07, 6.45) is 1.81. The van der Waals surface area contributed by atoms with Gasteiger partial charge in [-0.3, -0.25) is 14.2 Å². The minimum atomic E-state index is -1.68. The number of likely N-dealkylation sites (N-methyl/N-ethyl adjacent to an activating group) is 1. The number of hydrogen-bond donors (Lipinski definition) is 2. The van der Waals surface area contributed by atoms with Crippen LogP contribution in [0.4, 0.5) is 0 Å². The van der Waals surface area contributed by atoms with Crippen molar-refractivity contribution in [2.45, 2.75) is 6.04 Å². The van der Waals surface area contributed by atoms with E-state index in [0.29, 0.717) is 5.75 Å². The third-order valence-electron chi connectivity index (χ3n) is 1.55. The highest BCUT2D eigenvalue weighted by molar-refractivity contribution is 7.98. The van der Waals surface area contributed by atoms with Gasteiger partial charge in [0.15, 0.2) is 0 Å². The summed E-state index contributed by atoms with van der Waals surface area (Å²) in [5.74, 6) is -0.190. The van der Waals surface area contributed by atoms with Gasteiger partial charge in [-0.15, -0.1) is 0 Å². The molecule has 0 heterocycles. The molecule has 0 saturated heterocycles. The molecule has 0 aromatic carbocycles. The molecule has 2 unspecified atom stereocenters. The summed E-state index contributed by atoms with van der Waals surface area (Å²) in [5.41, 5.74) is 1.53. The van der Waals surface area contributed by atoms with Crippen LogP contribution in [0.25, 0.3) is 0 Å². The summed E-state index contributed by atoms with van der Waals surface area (Å²) in [6.45, 7) is 0. The third-order valence-corrected chi connectivity index (χ3v) is 3.21. The molecule has 0 aliphatic rings. The van der Waals surface area contributed by atoms with Crippen molar-refractivity contribution < 1.29 is 18.4 Å². The van der Waals surface area contributed by atoms with Gasteiger partial charge >= 0.3 is 0 Å². The first-order valence-corrected chi connectivity index (χ1v) is 6.13. The number of nitrogens with one attached hydrogen (secondary N) is 1. The van der Waals surface area contributed by atoms with Crippen LogP contribution in [-0.2, 0) is 20.2 Å². The van der Waals surface area contributed by atoms with Crippen LogP contribution < -0.4 is 5.48 Å². The Morgan fingerprint density at radius 3 is 2.71 bits per heavy atom. The van der Waals surface area contributed by atoms with Crippen LogP contribution in [0.5, 0.6) is 0 Å². The van der Waals surface area contributed by atoms with Gasteiger partial charge in [-0.1, -0.05) is 0 Å². The molecule has 0 rings (SSSR count). The molecule has 0 saturated carbocycles. The zero-order valence-electron chi connectivity index (χ0n) is 8.22. The van der Waals surface area contributed by atoms with Crippen LogP contribution in [0.1, 0.15) is 0 Å².